The predicted molar refractivity (Wildman–Crippen MR) is 130 cm³/mol. The summed E-state index contributed by atoms with van der Waals surface area (Å²) in [7, 11) is 0. The molecule has 1 atom stereocenters. The zero-order valence-corrected chi connectivity index (χ0v) is 19.4. The van der Waals surface area contributed by atoms with E-state index >= 15 is 0 Å². The molecule has 2 aliphatic rings. The first-order valence-electron chi connectivity index (χ1n) is 11.3. The van der Waals surface area contributed by atoms with Crippen LogP contribution in [-0.4, -0.2) is 22.8 Å². The van der Waals surface area contributed by atoms with Gasteiger partial charge in [0.2, 0.25) is 0 Å². The van der Waals surface area contributed by atoms with Crippen LogP contribution in [0.3, 0.4) is 0 Å². The Kier molecular flexibility index (Phi) is 6.04. The van der Waals surface area contributed by atoms with Crippen molar-refractivity contribution in [3.05, 3.63) is 88.0 Å². The summed E-state index contributed by atoms with van der Waals surface area (Å²) in [5.74, 6) is 0.561. The molecule has 0 radical (unpaired) electrons. The maximum atomic E-state index is 11.0. The highest BCUT2D eigenvalue weighted by Crippen LogP contribution is 2.41. The van der Waals surface area contributed by atoms with Gasteiger partial charge in [-0.05, 0) is 72.7 Å². The normalized spacial score (nSPS) is 16.5. The molecular formula is C27H27NO4S. The van der Waals surface area contributed by atoms with Crippen molar-refractivity contribution in [3.8, 4) is 5.75 Å². The first-order valence-corrected chi connectivity index (χ1v) is 12.2. The van der Waals surface area contributed by atoms with Crippen LogP contribution in [-0.2, 0) is 29.9 Å². The van der Waals surface area contributed by atoms with Crippen molar-refractivity contribution in [2.75, 3.05) is 11.5 Å². The number of nitrogens with zero attached hydrogens (tertiary/aromatic N) is 1. The molecule has 2 N–H and O–H groups in total. The highest BCUT2D eigenvalue weighted by Gasteiger charge is 2.30. The third kappa shape index (κ3) is 4.33. The number of benzene rings is 3. The molecule has 0 fully saturated rings. The van der Waals surface area contributed by atoms with Gasteiger partial charge >= 0.3 is 5.97 Å². The number of aryl methyl sites for hydroxylation is 1. The minimum Gasteiger partial charge on any atom is -0.482 e. The zero-order chi connectivity index (χ0) is 22.9. The molecule has 3 aromatic carbocycles. The lowest BCUT2D eigenvalue weighted by Gasteiger charge is -2.23. The van der Waals surface area contributed by atoms with Gasteiger partial charge in [-0.15, -0.1) is 11.8 Å². The molecule has 1 heterocycles. The Morgan fingerprint density at radius 3 is 2.64 bits per heavy atom. The van der Waals surface area contributed by atoms with E-state index in [4.69, 9.17) is 9.84 Å². The van der Waals surface area contributed by atoms with Gasteiger partial charge in [0.1, 0.15) is 5.75 Å². The fourth-order valence-corrected chi connectivity index (χ4v) is 5.97. The Bertz CT molecular complexity index is 1190. The van der Waals surface area contributed by atoms with E-state index in [2.05, 4.69) is 43.3 Å². The molecule has 5 nitrogen and oxygen atoms in total. The SMILES string of the molecule is Cc1ccc(N2Cc3c(CSc4ccc(OCC(=O)O)c5c4CCC5)cccc3C2O)cc1. The van der Waals surface area contributed by atoms with Crippen LogP contribution in [0.15, 0.2) is 59.5 Å². The van der Waals surface area contributed by atoms with Crippen LogP contribution in [0.5, 0.6) is 5.75 Å². The van der Waals surface area contributed by atoms with Gasteiger partial charge in [-0.2, -0.15) is 0 Å². The molecule has 3 aromatic rings. The van der Waals surface area contributed by atoms with E-state index < -0.39 is 12.2 Å². The number of hydrogen-bond acceptors (Lipinski definition) is 5. The van der Waals surface area contributed by atoms with Crippen LogP contribution in [0.1, 0.15) is 46.0 Å². The Morgan fingerprint density at radius 1 is 1.06 bits per heavy atom. The summed E-state index contributed by atoms with van der Waals surface area (Å²) in [5, 5.41) is 19.9. The largest absolute Gasteiger partial charge is 0.482 e. The third-order valence-corrected chi connectivity index (χ3v) is 7.66. The molecule has 0 saturated carbocycles. The number of fused-ring (bicyclic) bond motifs is 2. The lowest BCUT2D eigenvalue weighted by Crippen LogP contribution is -2.20. The molecule has 5 rings (SSSR count). The number of thioether (sulfide) groups is 1. The van der Waals surface area contributed by atoms with Gasteiger partial charge in [0.15, 0.2) is 12.8 Å². The number of carboxylic acid groups (broad SMARTS) is 1. The van der Waals surface area contributed by atoms with E-state index in [0.717, 1.165) is 41.8 Å². The molecule has 0 bridgehead atoms. The Balaban J connectivity index is 1.35. The van der Waals surface area contributed by atoms with Gasteiger partial charge in [-0.1, -0.05) is 35.9 Å². The number of aliphatic hydroxyl groups is 1. The standard InChI is InChI=1S/C27H27NO4S/c1-17-8-10-19(11-9-17)28-14-23-18(4-2-7-22(23)27(28)31)16-33-25-13-12-24(32-15-26(29)30)20-5-3-6-21(20)25/h2,4,7-13,27,31H,3,5-6,14-16H2,1H3,(H,29,30). The van der Waals surface area contributed by atoms with Crippen LogP contribution in [0, 0.1) is 6.92 Å². The number of rotatable bonds is 7. The molecule has 1 unspecified atom stereocenters. The van der Waals surface area contributed by atoms with Crippen LogP contribution in [0.25, 0.3) is 0 Å². The second kappa shape index (κ2) is 9.12. The molecule has 1 aliphatic heterocycles. The van der Waals surface area contributed by atoms with Crippen molar-refractivity contribution < 1.29 is 19.7 Å². The molecule has 0 spiro atoms. The number of anilines is 1. The summed E-state index contributed by atoms with van der Waals surface area (Å²) in [4.78, 5) is 14.2. The quantitative estimate of drug-likeness (QED) is 0.469. The van der Waals surface area contributed by atoms with Crippen LogP contribution in [0.4, 0.5) is 5.69 Å². The van der Waals surface area contributed by atoms with Gasteiger partial charge in [0, 0.05) is 28.4 Å². The van der Waals surface area contributed by atoms with E-state index in [1.807, 2.05) is 23.1 Å². The van der Waals surface area contributed by atoms with E-state index in [1.165, 1.54) is 27.1 Å². The van der Waals surface area contributed by atoms with Gasteiger partial charge in [0.05, 0.1) is 0 Å². The lowest BCUT2D eigenvalue weighted by atomic mass is 10.0. The zero-order valence-electron chi connectivity index (χ0n) is 18.6. The number of aliphatic hydroxyl groups excluding tert-OH is 1. The average Bonchev–Trinajstić information content (AvgIpc) is 3.43. The van der Waals surface area contributed by atoms with E-state index in [1.54, 1.807) is 11.8 Å². The lowest BCUT2D eigenvalue weighted by molar-refractivity contribution is -0.139. The molecule has 1 aliphatic carbocycles. The average molecular weight is 462 g/mol. The Hall–Kier alpha value is -2.96. The fourth-order valence-electron chi connectivity index (χ4n) is 4.82. The first-order chi connectivity index (χ1) is 16.0. The maximum Gasteiger partial charge on any atom is 0.341 e. The smallest absolute Gasteiger partial charge is 0.341 e. The molecule has 0 aromatic heterocycles. The highest BCUT2D eigenvalue weighted by atomic mass is 32.2. The van der Waals surface area contributed by atoms with E-state index in [-0.39, 0.29) is 6.61 Å². The van der Waals surface area contributed by atoms with E-state index in [0.29, 0.717) is 12.3 Å². The number of ether oxygens (including phenoxy) is 1. The highest BCUT2D eigenvalue weighted by molar-refractivity contribution is 7.98. The predicted octanol–water partition coefficient (Wildman–Crippen LogP) is 5.25. The first kappa shape index (κ1) is 21.9. The van der Waals surface area contributed by atoms with Gasteiger partial charge in [-0.25, -0.2) is 4.79 Å². The molecule has 33 heavy (non-hydrogen) atoms. The van der Waals surface area contributed by atoms with Crippen LogP contribution >= 0.6 is 11.8 Å². The molecule has 0 saturated heterocycles. The Labute approximate surface area is 198 Å². The number of hydrogen-bond donors (Lipinski definition) is 2. The van der Waals surface area contributed by atoms with Crippen molar-refractivity contribution in [1.82, 2.24) is 0 Å². The third-order valence-electron chi connectivity index (χ3n) is 6.51. The molecule has 6 heteroatoms. The summed E-state index contributed by atoms with van der Waals surface area (Å²) < 4.78 is 5.52. The van der Waals surface area contributed by atoms with Gasteiger partial charge in [0.25, 0.3) is 0 Å². The minimum atomic E-state index is -0.958. The van der Waals surface area contributed by atoms with Crippen molar-refractivity contribution in [2.45, 2.75) is 49.6 Å². The fraction of sp³-hybridized carbons (Fsp3) is 0.296. The Morgan fingerprint density at radius 2 is 1.85 bits per heavy atom. The summed E-state index contributed by atoms with van der Waals surface area (Å²) in [6.07, 6.45) is 2.35. The van der Waals surface area contributed by atoms with Gasteiger partial charge < -0.3 is 19.8 Å². The minimum absolute atomic E-state index is 0.311. The number of carboxylic acids is 1. The van der Waals surface area contributed by atoms with Crippen molar-refractivity contribution in [2.24, 2.45) is 0 Å². The molecule has 0 amide bonds. The van der Waals surface area contributed by atoms with E-state index in [9.17, 15) is 9.90 Å². The maximum absolute atomic E-state index is 11.0. The second-order valence-electron chi connectivity index (χ2n) is 8.67. The monoisotopic (exact) mass is 461 g/mol. The second-order valence-corrected chi connectivity index (χ2v) is 9.68. The number of carbonyl (C=O) groups is 1. The van der Waals surface area contributed by atoms with Crippen LogP contribution in [0.2, 0.25) is 0 Å². The summed E-state index contributed by atoms with van der Waals surface area (Å²) in [5.41, 5.74) is 8.10. The topological polar surface area (TPSA) is 70.0 Å². The van der Waals surface area contributed by atoms with Crippen LogP contribution < -0.4 is 9.64 Å². The van der Waals surface area contributed by atoms with Crippen molar-refractivity contribution >= 4 is 23.4 Å². The molecule has 170 valence electrons. The summed E-state index contributed by atoms with van der Waals surface area (Å²) in [6, 6.07) is 18.5. The van der Waals surface area contributed by atoms with Gasteiger partial charge in [-0.3, -0.25) is 0 Å². The number of aliphatic carboxylic acids is 1. The summed E-state index contributed by atoms with van der Waals surface area (Å²) in [6.45, 7) is 2.45. The van der Waals surface area contributed by atoms with Crippen molar-refractivity contribution in [3.63, 3.8) is 0 Å². The summed E-state index contributed by atoms with van der Waals surface area (Å²) >= 11 is 1.81. The molecular weight excluding hydrogens is 434 g/mol. The van der Waals surface area contributed by atoms with Crippen molar-refractivity contribution in [1.29, 1.82) is 0 Å².